The first-order valence-electron chi connectivity index (χ1n) is 9.50. The largest absolute Gasteiger partial charge is 0.485 e. The molecule has 0 spiro atoms. The molecule has 2 amide bonds. The third-order valence-corrected chi connectivity index (χ3v) is 4.72. The Balaban J connectivity index is 1.28. The summed E-state index contributed by atoms with van der Waals surface area (Å²) >= 11 is 0. The number of carbonyl (C=O) groups excluding carboxylic acids is 2. The Kier molecular flexibility index (Phi) is 5.83. The number of hydrogen-bond donors (Lipinski definition) is 1. The fourth-order valence-corrected chi connectivity index (χ4v) is 3.14. The minimum Gasteiger partial charge on any atom is -0.485 e. The monoisotopic (exact) mass is 428 g/mol. The second kappa shape index (κ2) is 8.86. The Bertz CT molecular complexity index is 1090. The van der Waals surface area contributed by atoms with Crippen molar-refractivity contribution >= 4 is 11.8 Å². The number of likely N-dealkylation sites (tertiary alicyclic amines) is 1. The van der Waals surface area contributed by atoms with E-state index in [1.54, 1.807) is 24.5 Å². The Morgan fingerprint density at radius 1 is 1.26 bits per heavy atom. The summed E-state index contributed by atoms with van der Waals surface area (Å²) in [6.45, 7) is 0.356. The van der Waals surface area contributed by atoms with Gasteiger partial charge < -0.3 is 15.0 Å². The average molecular weight is 428 g/mol. The maximum atomic E-state index is 13.7. The van der Waals surface area contributed by atoms with Gasteiger partial charge in [0, 0.05) is 25.2 Å². The van der Waals surface area contributed by atoms with Crippen LogP contribution >= 0.6 is 0 Å². The van der Waals surface area contributed by atoms with Crippen LogP contribution in [-0.2, 0) is 4.79 Å². The highest BCUT2D eigenvalue weighted by molar-refractivity contribution is 5.94. The van der Waals surface area contributed by atoms with E-state index in [1.807, 2.05) is 0 Å². The highest BCUT2D eigenvalue weighted by atomic mass is 19.1. The van der Waals surface area contributed by atoms with Crippen molar-refractivity contribution < 1.29 is 23.1 Å². The molecule has 31 heavy (non-hydrogen) atoms. The summed E-state index contributed by atoms with van der Waals surface area (Å²) in [4.78, 5) is 30.1. The van der Waals surface area contributed by atoms with Gasteiger partial charge in [0.15, 0.2) is 17.3 Å². The summed E-state index contributed by atoms with van der Waals surface area (Å²) in [6.07, 6.45) is 4.62. The molecule has 1 aliphatic rings. The van der Waals surface area contributed by atoms with Gasteiger partial charge in [-0.2, -0.15) is 0 Å². The Morgan fingerprint density at radius 2 is 2.13 bits per heavy atom. The van der Waals surface area contributed by atoms with E-state index >= 15 is 0 Å². The maximum Gasteiger partial charge on any atom is 0.273 e. The molecule has 0 saturated carbocycles. The van der Waals surface area contributed by atoms with Crippen molar-refractivity contribution in [3.8, 4) is 11.4 Å². The molecule has 4 rings (SSSR count). The average Bonchev–Trinajstić information content (AvgIpc) is 3.45. The molecule has 9 nitrogen and oxygen atoms in total. The minimum atomic E-state index is -0.669. The van der Waals surface area contributed by atoms with Gasteiger partial charge in [0.1, 0.15) is 11.9 Å². The number of ether oxygens (including phenoxy) is 1. The van der Waals surface area contributed by atoms with Crippen LogP contribution in [0.15, 0.2) is 48.9 Å². The van der Waals surface area contributed by atoms with E-state index in [9.17, 15) is 18.4 Å². The summed E-state index contributed by atoms with van der Waals surface area (Å²) in [5, 5.41) is 10.2. The first-order chi connectivity index (χ1) is 15.0. The first-order valence-corrected chi connectivity index (χ1v) is 9.50. The van der Waals surface area contributed by atoms with Crippen molar-refractivity contribution in [2.24, 2.45) is 0 Å². The number of nitrogens with one attached hydrogen (secondary N) is 1. The molecule has 1 aliphatic heterocycles. The van der Waals surface area contributed by atoms with E-state index < -0.39 is 23.6 Å². The number of nitrogens with zero attached hydrogens (tertiary/aromatic N) is 5. The molecule has 1 aromatic carbocycles. The molecule has 3 aromatic rings. The summed E-state index contributed by atoms with van der Waals surface area (Å²) in [6, 6.07) is 6.45. The number of carbonyl (C=O) groups is 2. The van der Waals surface area contributed by atoms with Crippen molar-refractivity contribution in [1.29, 1.82) is 0 Å². The predicted octanol–water partition coefficient (Wildman–Crippen LogP) is 1.35. The zero-order valence-corrected chi connectivity index (χ0v) is 16.2. The fourth-order valence-electron chi connectivity index (χ4n) is 3.14. The standard InChI is InChI=1S/C20H18F2N6O3/c21-13-3-4-16(22)18(8-13)31-15-5-7-27(11-15)19(29)10-24-20(30)17-12-28(26-25-17)14-2-1-6-23-9-14/h1-4,6,8-9,12,15H,5,7,10-11H2,(H,24,30). The van der Waals surface area contributed by atoms with Gasteiger partial charge in [-0.1, -0.05) is 5.21 Å². The van der Waals surface area contributed by atoms with Gasteiger partial charge in [-0.15, -0.1) is 5.10 Å². The lowest BCUT2D eigenvalue weighted by atomic mass is 10.3. The molecule has 1 atom stereocenters. The predicted molar refractivity (Wildman–Crippen MR) is 103 cm³/mol. The number of benzene rings is 1. The summed E-state index contributed by atoms with van der Waals surface area (Å²) < 4.78 is 33.9. The summed E-state index contributed by atoms with van der Waals surface area (Å²) in [7, 11) is 0. The smallest absolute Gasteiger partial charge is 0.273 e. The Labute approximate surface area is 175 Å². The van der Waals surface area contributed by atoms with E-state index in [-0.39, 0.29) is 30.4 Å². The normalized spacial score (nSPS) is 15.7. The van der Waals surface area contributed by atoms with Crippen LogP contribution < -0.4 is 10.1 Å². The van der Waals surface area contributed by atoms with Gasteiger partial charge in [0.05, 0.1) is 31.2 Å². The molecule has 0 radical (unpaired) electrons. The van der Waals surface area contributed by atoms with Crippen molar-refractivity contribution in [3.63, 3.8) is 0 Å². The molecule has 1 N–H and O–H groups in total. The van der Waals surface area contributed by atoms with Crippen LogP contribution in [0, 0.1) is 11.6 Å². The van der Waals surface area contributed by atoms with Crippen LogP contribution in [0.4, 0.5) is 8.78 Å². The minimum absolute atomic E-state index is 0.0564. The van der Waals surface area contributed by atoms with Crippen molar-refractivity contribution in [3.05, 3.63) is 66.3 Å². The van der Waals surface area contributed by atoms with Crippen LogP contribution in [0.3, 0.4) is 0 Å². The zero-order chi connectivity index (χ0) is 21.8. The fraction of sp³-hybridized carbons (Fsp3) is 0.250. The molecule has 160 valence electrons. The maximum absolute atomic E-state index is 13.7. The Hall–Kier alpha value is -3.89. The van der Waals surface area contributed by atoms with E-state index in [2.05, 4.69) is 20.6 Å². The molecule has 1 fully saturated rings. The topological polar surface area (TPSA) is 102 Å². The molecule has 1 saturated heterocycles. The number of rotatable bonds is 6. The third-order valence-electron chi connectivity index (χ3n) is 4.72. The molecule has 11 heteroatoms. The lowest BCUT2D eigenvalue weighted by molar-refractivity contribution is -0.129. The van der Waals surface area contributed by atoms with Crippen molar-refractivity contribution in [2.45, 2.75) is 12.5 Å². The van der Waals surface area contributed by atoms with Crippen LogP contribution in [0.2, 0.25) is 0 Å². The first kappa shape index (κ1) is 20.4. The molecular formula is C20H18F2N6O3. The van der Waals surface area contributed by atoms with Crippen LogP contribution in [-0.4, -0.2) is 62.4 Å². The molecule has 2 aromatic heterocycles. The SMILES string of the molecule is O=C(NCC(=O)N1CCC(Oc2cc(F)ccc2F)C1)c1cn(-c2cccnc2)nn1. The highest BCUT2D eigenvalue weighted by Gasteiger charge is 2.28. The molecule has 1 unspecified atom stereocenters. The summed E-state index contributed by atoms with van der Waals surface area (Å²) in [5.74, 6) is -2.33. The van der Waals surface area contributed by atoms with Gasteiger partial charge in [-0.25, -0.2) is 13.5 Å². The number of aromatic nitrogens is 4. The second-order valence-corrected chi connectivity index (χ2v) is 6.89. The molecule has 3 heterocycles. The number of amides is 2. The van der Waals surface area contributed by atoms with Crippen LogP contribution in [0.5, 0.6) is 5.75 Å². The quantitative estimate of drug-likeness (QED) is 0.636. The van der Waals surface area contributed by atoms with Crippen molar-refractivity contribution in [2.75, 3.05) is 19.6 Å². The molecule has 0 bridgehead atoms. The van der Waals surface area contributed by atoms with E-state index in [0.29, 0.717) is 18.7 Å². The zero-order valence-electron chi connectivity index (χ0n) is 16.2. The highest BCUT2D eigenvalue weighted by Crippen LogP contribution is 2.22. The lowest BCUT2D eigenvalue weighted by Gasteiger charge is -2.17. The van der Waals surface area contributed by atoms with Gasteiger partial charge in [-0.3, -0.25) is 14.6 Å². The van der Waals surface area contributed by atoms with E-state index in [1.165, 1.54) is 15.8 Å². The molecular weight excluding hydrogens is 410 g/mol. The Morgan fingerprint density at radius 3 is 2.94 bits per heavy atom. The number of hydrogen-bond acceptors (Lipinski definition) is 6. The molecule has 0 aliphatic carbocycles. The lowest BCUT2D eigenvalue weighted by Crippen LogP contribution is -2.39. The number of pyridine rings is 1. The van der Waals surface area contributed by atoms with E-state index in [0.717, 1.165) is 18.2 Å². The number of halogens is 2. The van der Waals surface area contributed by atoms with Crippen LogP contribution in [0.1, 0.15) is 16.9 Å². The van der Waals surface area contributed by atoms with Gasteiger partial charge in [0.25, 0.3) is 5.91 Å². The van der Waals surface area contributed by atoms with Crippen molar-refractivity contribution in [1.82, 2.24) is 30.2 Å². The summed E-state index contributed by atoms with van der Waals surface area (Å²) in [5.41, 5.74) is 0.698. The van der Waals surface area contributed by atoms with Crippen LogP contribution in [0.25, 0.3) is 5.69 Å². The van der Waals surface area contributed by atoms with Gasteiger partial charge in [-0.05, 0) is 24.3 Å². The van der Waals surface area contributed by atoms with E-state index in [4.69, 9.17) is 4.74 Å². The van der Waals surface area contributed by atoms with Gasteiger partial charge >= 0.3 is 0 Å². The second-order valence-electron chi connectivity index (χ2n) is 6.89. The third kappa shape index (κ3) is 4.82. The van der Waals surface area contributed by atoms with Gasteiger partial charge in [0.2, 0.25) is 5.91 Å².